The molecule has 1 fully saturated rings. The fourth-order valence-corrected chi connectivity index (χ4v) is 4.22. The van der Waals surface area contributed by atoms with Crippen molar-refractivity contribution in [2.24, 2.45) is 0 Å². The molecule has 146 valence electrons. The molecule has 0 bridgehead atoms. The molecule has 1 saturated heterocycles. The first kappa shape index (κ1) is 19.4. The Bertz CT molecular complexity index is 940. The molecule has 1 aliphatic rings. The molecule has 1 amide bonds. The lowest BCUT2D eigenvalue weighted by Gasteiger charge is -2.33. The van der Waals surface area contributed by atoms with E-state index >= 15 is 0 Å². The summed E-state index contributed by atoms with van der Waals surface area (Å²) in [4.78, 5) is 13.2. The van der Waals surface area contributed by atoms with Crippen LogP contribution in [-0.2, 0) is 14.8 Å². The van der Waals surface area contributed by atoms with Crippen molar-refractivity contribution >= 4 is 21.8 Å². The number of halogens is 2. The molecule has 11 heteroatoms. The minimum Gasteiger partial charge on any atom is -0.338 e. The zero-order chi connectivity index (χ0) is 19.6. The number of piperazine rings is 1. The second-order valence-corrected chi connectivity index (χ2v) is 8.04. The first-order chi connectivity index (χ1) is 12.8. The maximum Gasteiger partial charge on any atom is 0.246 e. The third kappa shape index (κ3) is 4.49. The van der Waals surface area contributed by atoms with Crippen molar-refractivity contribution in [1.82, 2.24) is 14.4 Å². The van der Waals surface area contributed by atoms with Crippen LogP contribution in [0.3, 0.4) is 0 Å². The molecule has 0 spiro atoms. The largest absolute Gasteiger partial charge is 0.338 e. The molecule has 1 aromatic heterocycles. The van der Waals surface area contributed by atoms with E-state index in [-0.39, 0.29) is 31.4 Å². The molecule has 3 rings (SSSR count). The van der Waals surface area contributed by atoms with Gasteiger partial charge in [-0.1, -0.05) is 5.16 Å². The highest BCUT2D eigenvalue weighted by molar-refractivity contribution is 7.89. The van der Waals surface area contributed by atoms with Crippen molar-refractivity contribution in [2.45, 2.75) is 11.8 Å². The number of hydrogen-bond donors (Lipinski definition) is 1. The Morgan fingerprint density at radius 2 is 1.93 bits per heavy atom. The van der Waals surface area contributed by atoms with Crippen molar-refractivity contribution in [2.75, 3.05) is 38.0 Å². The fraction of sp³-hybridized carbons (Fsp3) is 0.375. The Balaban J connectivity index is 1.57. The third-order valence-electron chi connectivity index (χ3n) is 4.10. The van der Waals surface area contributed by atoms with Crippen molar-refractivity contribution in [3.05, 3.63) is 41.6 Å². The Hall–Kier alpha value is -2.37. The Morgan fingerprint density at radius 1 is 1.22 bits per heavy atom. The van der Waals surface area contributed by atoms with Crippen LogP contribution in [-0.4, -0.2) is 61.4 Å². The van der Waals surface area contributed by atoms with E-state index in [0.29, 0.717) is 24.8 Å². The van der Waals surface area contributed by atoms with Gasteiger partial charge in [-0.15, -0.1) is 0 Å². The maximum absolute atomic E-state index is 13.8. The first-order valence-corrected chi connectivity index (χ1v) is 9.60. The van der Waals surface area contributed by atoms with Gasteiger partial charge in [-0.2, -0.15) is 4.31 Å². The van der Waals surface area contributed by atoms with Gasteiger partial charge in [0.15, 0.2) is 0 Å². The fourth-order valence-electron chi connectivity index (χ4n) is 2.75. The van der Waals surface area contributed by atoms with Gasteiger partial charge in [0.1, 0.15) is 16.5 Å². The van der Waals surface area contributed by atoms with E-state index < -0.39 is 26.6 Å². The first-order valence-electron chi connectivity index (χ1n) is 8.16. The summed E-state index contributed by atoms with van der Waals surface area (Å²) < 4.78 is 57.9. The van der Waals surface area contributed by atoms with E-state index in [4.69, 9.17) is 4.52 Å². The van der Waals surface area contributed by atoms with Crippen molar-refractivity contribution < 1.29 is 26.5 Å². The molecule has 0 atom stereocenters. The van der Waals surface area contributed by atoms with Crippen LogP contribution in [0.15, 0.2) is 33.7 Å². The number of nitrogens with zero attached hydrogens (tertiary/aromatic N) is 3. The average Bonchev–Trinajstić information content (AvgIpc) is 2.99. The second kappa shape index (κ2) is 7.71. The summed E-state index contributed by atoms with van der Waals surface area (Å²) in [5.74, 6) is -2.04. The number of amides is 1. The molecular formula is C16H18F2N4O4S. The van der Waals surface area contributed by atoms with Crippen molar-refractivity contribution in [3.63, 3.8) is 0 Å². The zero-order valence-electron chi connectivity index (χ0n) is 14.5. The molecule has 1 aliphatic heterocycles. The number of aromatic nitrogens is 1. The summed E-state index contributed by atoms with van der Waals surface area (Å²) in [6.45, 7) is 2.55. The highest BCUT2D eigenvalue weighted by Crippen LogP contribution is 2.21. The third-order valence-corrected chi connectivity index (χ3v) is 6.03. The summed E-state index contributed by atoms with van der Waals surface area (Å²) in [6, 6.07) is 3.94. The van der Waals surface area contributed by atoms with Crippen LogP contribution in [0.1, 0.15) is 5.69 Å². The zero-order valence-corrected chi connectivity index (χ0v) is 15.3. The predicted molar refractivity (Wildman–Crippen MR) is 91.4 cm³/mol. The molecule has 1 N–H and O–H groups in total. The summed E-state index contributed by atoms with van der Waals surface area (Å²) in [7, 11) is -4.07. The van der Waals surface area contributed by atoms with Gasteiger partial charge in [0.05, 0.1) is 12.2 Å². The average molecular weight is 400 g/mol. The Morgan fingerprint density at radius 3 is 2.52 bits per heavy atom. The molecule has 0 unspecified atom stereocenters. The lowest BCUT2D eigenvalue weighted by Crippen LogP contribution is -2.50. The number of aryl methyl sites for hydroxylation is 1. The summed E-state index contributed by atoms with van der Waals surface area (Å²) >= 11 is 0. The van der Waals surface area contributed by atoms with E-state index in [2.05, 4.69) is 10.5 Å². The van der Waals surface area contributed by atoms with Crippen LogP contribution < -0.4 is 5.32 Å². The highest BCUT2D eigenvalue weighted by atomic mass is 32.2. The standard InChI is InChI=1S/C16H18F2N4O4S/c1-11-8-16(26-20-11)19-15(23)10-21-4-6-22(7-5-21)27(24,25)14-3-2-12(17)9-13(14)18/h2-3,8-9H,4-7,10H2,1H3,(H,19,23). The van der Waals surface area contributed by atoms with E-state index in [9.17, 15) is 22.0 Å². The molecule has 2 heterocycles. The van der Waals surface area contributed by atoms with E-state index in [0.717, 1.165) is 16.4 Å². The predicted octanol–water partition coefficient (Wildman–Crippen LogP) is 1.21. The van der Waals surface area contributed by atoms with E-state index in [1.807, 2.05) is 0 Å². The molecule has 0 radical (unpaired) electrons. The molecular weight excluding hydrogens is 382 g/mol. The lowest BCUT2D eigenvalue weighted by molar-refractivity contribution is -0.117. The number of carbonyl (C=O) groups excluding carboxylic acids is 1. The SMILES string of the molecule is Cc1cc(NC(=O)CN2CCN(S(=O)(=O)c3ccc(F)cc3F)CC2)on1. The number of anilines is 1. The van der Waals surface area contributed by atoms with Gasteiger partial charge in [-0.05, 0) is 19.1 Å². The highest BCUT2D eigenvalue weighted by Gasteiger charge is 2.31. The van der Waals surface area contributed by atoms with Gasteiger partial charge in [-0.3, -0.25) is 15.0 Å². The van der Waals surface area contributed by atoms with Crippen LogP contribution in [0, 0.1) is 18.6 Å². The van der Waals surface area contributed by atoms with Gasteiger partial charge >= 0.3 is 0 Å². The van der Waals surface area contributed by atoms with Gasteiger partial charge in [0, 0.05) is 38.3 Å². The van der Waals surface area contributed by atoms with E-state index in [1.54, 1.807) is 17.9 Å². The Kier molecular flexibility index (Phi) is 5.53. The summed E-state index contributed by atoms with van der Waals surface area (Å²) in [5.41, 5.74) is 0.636. The van der Waals surface area contributed by atoms with Crippen molar-refractivity contribution in [3.8, 4) is 0 Å². The summed E-state index contributed by atoms with van der Waals surface area (Å²) in [6.07, 6.45) is 0. The topological polar surface area (TPSA) is 95.8 Å². The number of carbonyl (C=O) groups is 1. The minimum absolute atomic E-state index is 0.0541. The minimum atomic E-state index is -4.07. The van der Waals surface area contributed by atoms with E-state index in [1.165, 1.54) is 0 Å². The van der Waals surface area contributed by atoms with Gasteiger partial charge in [0.25, 0.3) is 0 Å². The van der Waals surface area contributed by atoms with Crippen molar-refractivity contribution in [1.29, 1.82) is 0 Å². The summed E-state index contributed by atoms with van der Waals surface area (Å²) in [5, 5.41) is 6.23. The number of sulfonamides is 1. The van der Waals surface area contributed by atoms with Crippen LogP contribution in [0.2, 0.25) is 0 Å². The maximum atomic E-state index is 13.8. The molecule has 0 saturated carbocycles. The normalized spacial score (nSPS) is 16.4. The molecule has 27 heavy (non-hydrogen) atoms. The molecule has 1 aromatic carbocycles. The van der Waals surface area contributed by atoms with Crippen LogP contribution in [0.25, 0.3) is 0 Å². The van der Waals surface area contributed by atoms with Gasteiger partial charge < -0.3 is 4.52 Å². The molecule has 2 aromatic rings. The molecule has 0 aliphatic carbocycles. The monoisotopic (exact) mass is 400 g/mol. The van der Waals surface area contributed by atoms with Crippen LogP contribution >= 0.6 is 0 Å². The Labute approximate surface area is 154 Å². The quantitative estimate of drug-likeness (QED) is 0.811. The second-order valence-electron chi connectivity index (χ2n) is 6.14. The van der Waals surface area contributed by atoms with Crippen LogP contribution in [0.4, 0.5) is 14.7 Å². The molecule has 8 nitrogen and oxygen atoms in total. The number of nitrogens with one attached hydrogen (secondary N) is 1. The smallest absolute Gasteiger partial charge is 0.246 e. The number of benzene rings is 1. The van der Waals surface area contributed by atoms with Gasteiger partial charge in [0.2, 0.25) is 21.8 Å². The van der Waals surface area contributed by atoms with Crippen LogP contribution in [0.5, 0.6) is 0 Å². The lowest BCUT2D eigenvalue weighted by atomic mass is 10.3. The number of hydrogen-bond acceptors (Lipinski definition) is 6. The van der Waals surface area contributed by atoms with Gasteiger partial charge in [-0.25, -0.2) is 17.2 Å². The number of rotatable bonds is 5.